The predicted octanol–water partition coefficient (Wildman–Crippen LogP) is 3.33. The van der Waals surface area contributed by atoms with Crippen molar-refractivity contribution in [1.82, 2.24) is 10.2 Å². The minimum Gasteiger partial charge on any atom is -0.340 e. The summed E-state index contributed by atoms with van der Waals surface area (Å²) in [5.41, 5.74) is 2.62. The molecule has 134 valence electrons. The minimum absolute atomic E-state index is 0. The molecular weight excluding hydrogens is 332 g/mol. The maximum Gasteiger partial charge on any atom is 0.222 e. The standard InChI is InChI=1S/C21H26N2O.ClH/c24-21(23-13-11-22-12-14-23)17-20(15-18-7-3-1-4-8-18)16-19-9-5-2-6-10-19;/h1-10,20,22H,11-17H2;1H. The Labute approximate surface area is 156 Å². The van der Waals surface area contributed by atoms with Crippen molar-refractivity contribution in [3.05, 3.63) is 71.8 Å². The molecule has 2 aromatic rings. The molecule has 0 radical (unpaired) electrons. The van der Waals surface area contributed by atoms with E-state index in [1.807, 2.05) is 17.0 Å². The van der Waals surface area contributed by atoms with E-state index >= 15 is 0 Å². The number of piperazine rings is 1. The highest BCUT2D eigenvalue weighted by Gasteiger charge is 2.21. The van der Waals surface area contributed by atoms with Gasteiger partial charge in [0, 0.05) is 32.6 Å². The SMILES string of the molecule is Cl.O=C(CC(Cc1ccccc1)Cc1ccccc1)N1CCNCC1. The molecule has 0 aromatic heterocycles. The number of nitrogens with one attached hydrogen (secondary N) is 1. The maximum atomic E-state index is 12.7. The zero-order valence-corrected chi connectivity index (χ0v) is 15.4. The Kier molecular flexibility index (Phi) is 7.96. The summed E-state index contributed by atoms with van der Waals surface area (Å²) in [4.78, 5) is 14.7. The first-order chi connectivity index (χ1) is 11.8. The van der Waals surface area contributed by atoms with Gasteiger partial charge < -0.3 is 10.2 Å². The van der Waals surface area contributed by atoms with E-state index in [1.165, 1.54) is 11.1 Å². The molecule has 1 N–H and O–H groups in total. The zero-order chi connectivity index (χ0) is 16.6. The molecule has 2 aromatic carbocycles. The average molecular weight is 359 g/mol. The van der Waals surface area contributed by atoms with Crippen LogP contribution in [0.25, 0.3) is 0 Å². The zero-order valence-electron chi connectivity index (χ0n) is 14.6. The average Bonchev–Trinajstić information content (AvgIpc) is 2.64. The molecule has 1 heterocycles. The second kappa shape index (κ2) is 10.2. The molecule has 25 heavy (non-hydrogen) atoms. The Balaban J connectivity index is 0.00000225. The lowest BCUT2D eigenvalue weighted by molar-refractivity contribution is -0.132. The van der Waals surface area contributed by atoms with Gasteiger partial charge in [-0.15, -0.1) is 12.4 Å². The van der Waals surface area contributed by atoms with Gasteiger partial charge in [0.05, 0.1) is 0 Å². The fourth-order valence-electron chi connectivity index (χ4n) is 3.40. The van der Waals surface area contributed by atoms with Crippen LogP contribution in [0.1, 0.15) is 17.5 Å². The Hall–Kier alpha value is -1.84. The Morgan fingerprint density at radius 1 is 0.880 bits per heavy atom. The van der Waals surface area contributed by atoms with Crippen molar-refractivity contribution in [1.29, 1.82) is 0 Å². The summed E-state index contributed by atoms with van der Waals surface area (Å²) in [5, 5.41) is 3.31. The monoisotopic (exact) mass is 358 g/mol. The Morgan fingerprint density at radius 3 is 1.84 bits per heavy atom. The molecule has 1 saturated heterocycles. The largest absolute Gasteiger partial charge is 0.340 e. The summed E-state index contributed by atoms with van der Waals surface area (Å²) in [6, 6.07) is 21.0. The van der Waals surface area contributed by atoms with Gasteiger partial charge in [-0.2, -0.15) is 0 Å². The third-order valence-electron chi connectivity index (χ3n) is 4.67. The summed E-state index contributed by atoms with van der Waals surface area (Å²) in [7, 11) is 0. The first-order valence-electron chi connectivity index (χ1n) is 8.87. The molecular formula is C21H27ClN2O. The van der Waals surface area contributed by atoms with Gasteiger partial charge in [0.25, 0.3) is 0 Å². The number of amides is 1. The van der Waals surface area contributed by atoms with Crippen LogP contribution in [0, 0.1) is 5.92 Å². The van der Waals surface area contributed by atoms with Crippen molar-refractivity contribution in [2.24, 2.45) is 5.92 Å². The highest BCUT2D eigenvalue weighted by Crippen LogP contribution is 2.19. The molecule has 0 saturated carbocycles. The lowest BCUT2D eigenvalue weighted by Crippen LogP contribution is -2.46. The van der Waals surface area contributed by atoms with Crippen molar-refractivity contribution < 1.29 is 4.79 Å². The van der Waals surface area contributed by atoms with Gasteiger partial charge in [0.15, 0.2) is 0 Å². The van der Waals surface area contributed by atoms with Gasteiger partial charge in [0.1, 0.15) is 0 Å². The molecule has 0 unspecified atom stereocenters. The van der Waals surface area contributed by atoms with Gasteiger partial charge in [0.2, 0.25) is 5.91 Å². The smallest absolute Gasteiger partial charge is 0.222 e. The lowest BCUT2D eigenvalue weighted by Gasteiger charge is -2.29. The van der Waals surface area contributed by atoms with E-state index in [9.17, 15) is 4.79 Å². The fourth-order valence-corrected chi connectivity index (χ4v) is 3.40. The molecule has 4 heteroatoms. The van der Waals surface area contributed by atoms with Crippen molar-refractivity contribution in [2.45, 2.75) is 19.3 Å². The number of rotatable bonds is 6. The normalized spacial score (nSPS) is 14.2. The van der Waals surface area contributed by atoms with Gasteiger partial charge in [-0.1, -0.05) is 60.7 Å². The molecule has 3 rings (SSSR count). The van der Waals surface area contributed by atoms with E-state index in [4.69, 9.17) is 0 Å². The van der Waals surface area contributed by atoms with Gasteiger partial charge >= 0.3 is 0 Å². The molecule has 1 amide bonds. The highest BCUT2D eigenvalue weighted by molar-refractivity contribution is 5.85. The van der Waals surface area contributed by atoms with Crippen molar-refractivity contribution >= 4 is 18.3 Å². The summed E-state index contributed by atoms with van der Waals surface area (Å²) in [6.45, 7) is 3.49. The second-order valence-electron chi connectivity index (χ2n) is 6.58. The van der Waals surface area contributed by atoms with Crippen molar-refractivity contribution in [3.63, 3.8) is 0 Å². The van der Waals surface area contributed by atoms with Crippen LogP contribution in [-0.4, -0.2) is 37.0 Å². The third-order valence-corrected chi connectivity index (χ3v) is 4.67. The molecule has 0 bridgehead atoms. The summed E-state index contributed by atoms with van der Waals surface area (Å²) in [6.07, 6.45) is 2.53. The van der Waals surface area contributed by atoms with E-state index in [0.717, 1.165) is 39.0 Å². The molecule has 3 nitrogen and oxygen atoms in total. The lowest BCUT2D eigenvalue weighted by atomic mass is 9.89. The Bertz CT molecular complexity index is 585. The Morgan fingerprint density at radius 2 is 1.36 bits per heavy atom. The van der Waals surface area contributed by atoms with Gasteiger partial charge in [-0.25, -0.2) is 0 Å². The van der Waals surface area contributed by atoms with Crippen LogP contribution in [0.3, 0.4) is 0 Å². The van der Waals surface area contributed by atoms with E-state index in [0.29, 0.717) is 18.2 Å². The fraction of sp³-hybridized carbons (Fsp3) is 0.381. The second-order valence-corrected chi connectivity index (χ2v) is 6.58. The molecule has 1 fully saturated rings. The van der Waals surface area contributed by atoms with Crippen LogP contribution in [0.4, 0.5) is 0 Å². The summed E-state index contributed by atoms with van der Waals surface area (Å²) in [5.74, 6) is 0.644. The number of carbonyl (C=O) groups excluding carboxylic acids is 1. The molecule has 0 atom stereocenters. The van der Waals surface area contributed by atoms with Crippen LogP contribution < -0.4 is 5.32 Å². The number of nitrogens with zero attached hydrogens (tertiary/aromatic N) is 1. The molecule has 0 spiro atoms. The molecule has 1 aliphatic rings. The first kappa shape index (κ1) is 19.5. The molecule has 1 aliphatic heterocycles. The van der Waals surface area contributed by atoms with Crippen LogP contribution in [0.2, 0.25) is 0 Å². The quantitative estimate of drug-likeness (QED) is 0.859. The number of hydrogen-bond acceptors (Lipinski definition) is 2. The number of carbonyl (C=O) groups is 1. The van der Waals surface area contributed by atoms with Gasteiger partial charge in [-0.3, -0.25) is 4.79 Å². The van der Waals surface area contributed by atoms with E-state index in [2.05, 4.69) is 53.8 Å². The highest BCUT2D eigenvalue weighted by atomic mass is 35.5. The minimum atomic E-state index is 0. The number of benzene rings is 2. The summed E-state index contributed by atoms with van der Waals surface area (Å²) >= 11 is 0. The van der Waals surface area contributed by atoms with Crippen molar-refractivity contribution in [3.8, 4) is 0 Å². The van der Waals surface area contributed by atoms with Crippen LogP contribution in [-0.2, 0) is 17.6 Å². The first-order valence-corrected chi connectivity index (χ1v) is 8.87. The molecule has 0 aliphatic carbocycles. The number of hydrogen-bond donors (Lipinski definition) is 1. The topological polar surface area (TPSA) is 32.3 Å². The maximum absolute atomic E-state index is 12.7. The van der Waals surface area contributed by atoms with Gasteiger partial charge in [-0.05, 0) is 29.9 Å². The van der Waals surface area contributed by atoms with E-state index in [1.54, 1.807) is 0 Å². The predicted molar refractivity (Wildman–Crippen MR) is 105 cm³/mol. The van der Waals surface area contributed by atoms with E-state index < -0.39 is 0 Å². The van der Waals surface area contributed by atoms with Crippen molar-refractivity contribution in [2.75, 3.05) is 26.2 Å². The van der Waals surface area contributed by atoms with Crippen LogP contribution in [0.5, 0.6) is 0 Å². The van der Waals surface area contributed by atoms with Crippen LogP contribution >= 0.6 is 12.4 Å². The number of halogens is 1. The van der Waals surface area contributed by atoms with Crippen LogP contribution in [0.15, 0.2) is 60.7 Å². The van der Waals surface area contributed by atoms with E-state index in [-0.39, 0.29) is 12.4 Å². The summed E-state index contributed by atoms with van der Waals surface area (Å²) < 4.78 is 0. The third kappa shape index (κ3) is 6.18.